The lowest BCUT2D eigenvalue weighted by atomic mass is 9.95. The van der Waals surface area contributed by atoms with Crippen LogP contribution in [0.4, 0.5) is 0 Å². The van der Waals surface area contributed by atoms with E-state index < -0.39 is 10.0 Å². The highest BCUT2D eigenvalue weighted by Gasteiger charge is 2.21. The van der Waals surface area contributed by atoms with Crippen LogP contribution in [0.3, 0.4) is 0 Å². The standard InChI is InChI=1S/C13H27N3O3S/c1-3-12(15-9-10-20(18,19)14-2)13(17)16-11-7-5-4-6-8-11/h11-12,14-15H,3-10H2,1-2H3,(H,16,17)/t12-/m1/s1. The summed E-state index contributed by atoms with van der Waals surface area (Å²) in [6.07, 6.45) is 6.36. The molecule has 0 aromatic rings. The van der Waals surface area contributed by atoms with E-state index in [1.165, 1.54) is 26.3 Å². The number of hydrogen-bond acceptors (Lipinski definition) is 4. The number of nitrogens with one attached hydrogen (secondary N) is 3. The minimum absolute atomic E-state index is 0.0127. The molecule has 118 valence electrons. The number of rotatable bonds is 8. The molecule has 20 heavy (non-hydrogen) atoms. The molecule has 1 saturated carbocycles. The Morgan fingerprint density at radius 2 is 1.90 bits per heavy atom. The van der Waals surface area contributed by atoms with Crippen LogP contribution in [0.25, 0.3) is 0 Å². The minimum atomic E-state index is -3.22. The summed E-state index contributed by atoms with van der Waals surface area (Å²) in [6.45, 7) is 2.20. The zero-order chi connectivity index (χ0) is 15.0. The molecule has 0 aromatic heterocycles. The SMILES string of the molecule is CC[C@@H](NCCS(=O)(=O)NC)C(=O)NC1CCCCC1. The quantitative estimate of drug-likeness (QED) is 0.604. The van der Waals surface area contributed by atoms with Crippen molar-refractivity contribution in [3.8, 4) is 0 Å². The van der Waals surface area contributed by atoms with Gasteiger partial charge in [-0.1, -0.05) is 26.2 Å². The normalized spacial score (nSPS) is 18.7. The molecular formula is C13H27N3O3S. The Labute approximate surface area is 122 Å². The Bertz CT molecular complexity index is 392. The molecule has 0 heterocycles. The van der Waals surface area contributed by atoms with Crippen molar-refractivity contribution >= 4 is 15.9 Å². The first-order valence-corrected chi connectivity index (χ1v) is 9.08. The monoisotopic (exact) mass is 305 g/mol. The molecule has 7 heteroatoms. The lowest BCUT2D eigenvalue weighted by Crippen LogP contribution is -2.49. The molecule has 6 nitrogen and oxygen atoms in total. The van der Waals surface area contributed by atoms with Gasteiger partial charge in [0.15, 0.2) is 0 Å². The van der Waals surface area contributed by atoms with Gasteiger partial charge >= 0.3 is 0 Å². The number of hydrogen-bond donors (Lipinski definition) is 3. The van der Waals surface area contributed by atoms with E-state index in [9.17, 15) is 13.2 Å². The Morgan fingerprint density at radius 3 is 2.45 bits per heavy atom. The summed E-state index contributed by atoms with van der Waals surface area (Å²) in [5.41, 5.74) is 0. The highest BCUT2D eigenvalue weighted by atomic mass is 32.2. The van der Waals surface area contributed by atoms with Crippen molar-refractivity contribution in [3.05, 3.63) is 0 Å². The molecule has 0 radical (unpaired) electrons. The fourth-order valence-electron chi connectivity index (χ4n) is 2.44. The van der Waals surface area contributed by atoms with Gasteiger partial charge in [-0.2, -0.15) is 0 Å². The van der Waals surface area contributed by atoms with E-state index in [0.29, 0.717) is 6.42 Å². The maximum atomic E-state index is 12.1. The zero-order valence-corrected chi connectivity index (χ0v) is 13.3. The average Bonchev–Trinajstić information content (AvgIpc) is 2.44. The zero-order valence-electron chi connectivity index (χ0n) is 12.4. The van der Waals surface area contributed by atoms with Crippen LogP contribution < -0.4 is 15.4 Å². The van der Waals surface area contributed by atoms with Crippen molar-refractivity contribution in [2.75, 3.05) is 19.3 Å². The second kappa shape index (κ2) is 8.59. The predicted octanol–water partition coefficient (Wildman–Crippen LogP) is 0.353. The van der Waals surface area contributed by atoms with E-state index >= 15 is 0 Å². The minimum Gasteiger partial charge on any atom is -0.352 e. The summed E-state index contributed by atoms with van der Waals surface area (Å²) >= 11 is 0. The molecule has 0 bridgehead atoms. The van der Waals surface area contributed by atoms with Crippen LogP contribution in [0.15, 0.2) is 0 Å². The van der Waals surface area contributed by atoms with Gasteiger partial charge in [-0.15, -0.1) is 0 Å². The molecular weight excluding hydrogens is 278 g/mol. The summed E-state index contributed by atoms with van der Waals surface area (Å²) in [5.74, 6) is -0.0299. The van der Waals surface area contributed by atoms with Crippen LogP contribution in [0.2, 0.25) is 0 Å². The van der Waals surface area contributed by atoms with Gasteiger partial charge in [-0.25, -0.2) is 13.1 Å². The lowest BCUT2D eigenvalue weighted by molar-refractivity contribution is -0.124. The maximum absolute atomic E-state index is 12.1. The second-order valence-corrected chi connectivity index (χ2v) is 7.33. The summed E-state index contributed by atoms with van der Waals surface area (Å²) in [4.78, 5) is 12.1. The summed E-state index contributed by atoms with van der Waals surface area (Å²) in [5, 5.41) is 6.08. The van der Waals surface area contributed by atoms with Crippen molar-refractivity contribution in [1.82, 2.24) is 15.4 Å². The van der Waals surface area contributed by atoms with Crippen molar-refractivity contribution in [1.29, 1.82) is 0 Å². The van der Waals surface area contributed by atoms with E-state index in [-0.39, 0.29) is 30.3 Å². The summed E-state index contributed by atoms with van der Waals surface area (Å²) < 4.78 is 24.9. The van der Waals surface area contributed by atoms with E-state index in [1.807, 2.05) is 6.92 Å². The van der Waals surface area contributed by atoms with E-state index in [2.05, 4.69) is 15.4 Å². The van der Waals surface area contributed by atoms with Gasteiger partial charge < -0.3 is 10.6 Å². The largest absolute Gasteiger partial charge is 0.352 e. The lowest BCUT2D eigenvalue weighted by Gasteiger charge is -2.25. The van der Waals surface area contributed by atoms with Gasteiger partial charge in [0.1, 0.15) is 0 Å². The van der Waals surface area contributed by atoms with Crippen LogP contribution in [0.5, 0.6) is 0 Å². The molecule has 0 saturated heterocycles. The number of sulfonamides is 1. The first-order chi connectivity index (χ1) is 9.48. The molecule has 1 aliphatic rings. The summed E-state index contributed by atoms with van der Waals surface area (Å²) in [7, 11) is -1.83. The first-order valence-electron chi connectivity index (χ1n) is 7.43. The smallest absolute Gasteiger partial charge is 0.237 e. The van der Waals surface area contributed by atoms with Gasteiger partial charge in [0, 0.05) is 12.6 Å². The van der Waals surface area contributed by atoms with Crippen LogP contribution >= 0.6 is 0 Å². The first kappa shape index (κ1) is 17.4. The van der Waals surface area contributed by atoms with Crippen molar-refractivity contribution in [2.45, 2.75) is 57.5 Å². The fraction of sp³-hybridized carbons (Fsp3) is 0.923. The third-order valence-corrected chi connectivity index (χ3v) is 5.11. The van der Waals surface area contributed by atoms with Gasteiger partial charge in [0.2, 0.25) is 15.9 Å². The molecule has 1 aliphatic carbocycles. The molecule has 1 atom stereocenters. The van der Waals surface area contributed by atoms with Crippen molar-refractivity contribution < 1.29 is 13.2 Å². The molecule has 3 N–H and O–H groups in total. The van der Waals surface area contributed by atoms with E-state index in [0.717, 1.165) is 12.8 Å². The third-order valence-electron chi connectivity index (χ3n) is 3.75. The van der Waals surface area contributed by atoms with Gasteiger partial charge in [-0.3, -0.25) is 4.79 Å². The van der Waals surface area contributed by atoms with Crippen LogP contribution in [-0.4, -0.2) is 45.8 Å². The van der Waals surface area contributed by atoms with Crippen LogP contribution in [-0.2, 0) is 14.8 Å². The molecule has 0 aliphatic heterocycles. The molecule has 0 unspecified atom stereocenters. The third kappa shape index (κ3) is 6.19. The summed E-state index contributed by atoms with van der Waals surface area (Å²) in [6, 6.07) is -0.0304. The second-order valence-electron chi connectivity index (χ2n) is 5.28. The van der Waals surface area contributed by atoms with E-state index in [4.69, 9.17) is 0 Å². The fourth-order valence-corrected chi connectivity index (χ4v) is 3.03. The van der Waals surface area contributed by atoms with Gasteiger partial charge in [0.05, 0.1) is 11.8 Å². The topological polar surface area (TPSA) is 87.3 Å². The highest BCUT2D eigenvalue weighted by Crippen LogP contribution is 2.17. The molecule has 0 aromatic carbocycles. The van der Waals surface area contributed by atoms with Crippen LogP contribution in [0, 0.1) is 0 Å². The Kier molecular flexibility index (Phi) is 7.47. The van der Waals surface area contributed by atoms with Crippen LogP contribution in [0.1, 0.15) is 45.4 Å². The maximum Gasteiger partial charge on any atom is 0.237 e. The van der Waals surface area contributed by atoms with Gasteiger partial charge in [-0.05, 0) is 26.3 Å². The van der Waals surface area contributed by atoms with Crippen molar-refractivity contribution in [2.24, 2.45) is 0 Å². The molecule has 1 amide bonds. The van der Waals surface area contributed by atoms with E-state index in [1.54, 1.807) is 0 Å². The van der Waals surface area contributed by atoms with Gasteiger partial charge in [0.25, 0.3) is 0 Å². The molecule has 1 fully saturated rings. The predicted molar refractivity (Wildman–Crippen MR) is 79.9 cm³/mol. The number of carbonyl (C=O) groups is 1. The number of amides is 1. The Balaban J connectivity index is 2.34. The number of carbonyl (C=O) groups excluding carboxylic acids is 1. The Hall–Kier alpha value is -0.660. The highest BCUT2D eigenvalue weighted by molar-refractivity contribution is 7.89. The molecule has 0 spiro atoms. The Morgan fingerprint density at radius 1 is 1.25 bits per heavy atom. The molecule has 1 rings (SSSR count). The average molecular weight is 305 g/mol. The van der Waals surface area contributed by atoms with Crippen molar-refractivity contribution in [3.63, 3.8) is 0 Å².